The van der Waals surface area contributed by atoms with E-state index in [4.69, 9.17) is 4.42 Å². The molecule has 1 fully saturated rings. The molecule has 0 radical (unpaired) electrons. The molecule has 1 aliphatic carbocycles. The van der Waals surface area contributed by atoms with E-state index in [1.807, 2.05) is 36.4 Å². The minimum Gasteiger partial charge on any atom is -0.441 e. The Balaban J connectivity index is 1.33. The lowest BCUT2D eigenvalue weighted by molar-refractivity contribution is -0.120. The lowest BCUT2D eigenvalue weighted by atomic mass is 9.88. The van der Waals surface area contributed by atoms with Gasteiger partial charge in [-0.15, -0.1) is 0 Å². The number of nitrogens with zero attached hydrogens (tertiary/aromatic N) is 1. The molecule has 0 saturated heterocycles. The van der Waals surface area contributed by atoms with E-state index in [1.165, 1.54) is 24.8 Å². The first kappa shape index (κ1) is 16.8. The predicted octanol–water partition coefficient (Wildman–Crippen LogP) is 5.13. The highest BCUT2D eigenvalue weighted by molar-refractivity contribution is 5.92. The number of carbonyl (C=O) groups excluding carboxylic acids is 1. The Morgan fingerprint density at radius 2 is 1.77 bits per heavy atom. The summed E-state index contributed by atoms with van der Waals surface area (Å²) in [5.41, 5.74) is 3.83. The van der Waals surface area contributed by atoms with Crippen molar-refractivity contribution in [2.24, 2.45) is 5.92 Å². The van der Waals surface area contributed by atoms with Gasteiger partial charge in [0.25, 0.3) is 0 Å². The third-order valence-electron chi connectivity index (χ3n) is 5.16. The summed E-state index contributed by atoms with van der Waals surface area (Å²) in [5, 5.41) is 3.06. The molecule has 0 unspecified atom stereocenters. The smallest absolute Gasteiger partial charge is 0.227 e. The first-order valence-electron chi connectivity index (χ1n) is 9.52. The summed E-state index contributed by atoms with van der Waals surface area (Å²) in [5.74, 6) is 1.12. The molecule has 0 bridgehead atoms. The molecular formula is C22H24N2O2. The van der Waals surface area contributed by atoms with Crippen molar-refractivity contribution in [1.29, 1.82) is 0 Å². The molecule has 1 heterocycles. The van der Waals surface area contributed by atoms with E-state index in [0.29, 0.717) is 0 Å². The van der Waals surface area contributed by atoms with Crippen molar-refractivity contribution in [2.75, 3.05) is 5.32 Å². The Hall–Kier alpha value is -2.62. The normalized spacial score (nSPS) is 15.2. The van der Waals surface area contributed by atoms with Crippen LogP contribution in [-0.4, -0.2) is 10.9 Å². The minimum atomic E-state index is 0.170. The number of hydrogen-bond donors (Lipinski definition) is 1. The van der Waals surface area contributed by atoms with Crippen molar-refractivity contribution in [2.45, 2.75) is 44.9 Å². The zero-order valence-electron chi connectivity index (χ0n) is 14.9. The van der Waals surface area contributed by atoms with Crippen LogP contribution in [0.5, 0.6) is 0 Å². The maximum absolute atomic E-state index is 12.3. The van der Waals surface area contributed by atoms with E-state index < -0.39 is 0 Å². The number of benzene rings is 2. The fraction of sp³-hybridized carbons (Fsp3) is 0.364. The first-order valence-corrected chi connectivity index (χ1v) is 9.52. The number of nitrogens with one attached hydrogen (secondary N) is 1. The van der Waals surface area contributed by atoms with Crippen molar-refractivity contribution < 1.29 is 9.21 Å². The summed E-state index contributed by atoms with van der Waals surface area (Å²) in [7, 11) is 0. The largest absolute Gasteiger partial charge is 0.441 e. The average molecular weight is 348 g/mol. The molecule has 4 heteroatoms. The van der Waals surface area contributed by atoms with Gasteiger partial charge in [-0.1, -0.05) is 43.5 Å². The topological polar surface area (TPSA) is 55.1 Å². The van der Waals surface area contributed by atoms with Crippen LogP contribution in [0.3, 0.4) is 0 Å². The second-order valence-corrected chi connectivity index (χ2v) is 7.10. The number of oxazole rings is 1. The van der Waals surface area contributed by atoms with Crippen LogP contribution in [0.25, 0.3) is 11.1 Å². The van der Waals surface area contributed by atoms with E-state index in [2.05, 4.69) is 22.4 Å². The number of carbonyl (C=O) groups is 1. The number of aromatic nitrogens is 1. The third-order valence-corrected chi connectivity index (χ3v) is 5.16. The van der Waals surface area contributed by atoms with Crippen molar-refractivity contribution >= 4 is 22.7 Å². The lowest BCUT2D eigenvalue weighted by Crippen LogP contribution is -2.24. The number of aryl methyl sites for hydroxylation is 2. The number of hydrogen-bond acceptors (Lipinski definition) is 3. The fourth-order valence-electron chi connectivity index (χ4n) is 3.64. The lowest BCUT2D eigenvalue weighted by Gasteiger charge is -2.20. The van der Waals surface area contributed by atoms with Crippen LogP contribution in [0, 0.1) is 5.92 Å². The van der Waals surface area contributed by atoms with E-state index >= 15 is 0 Å². The number of para-hydroxylation sites is 2. The zero-order valence-corrected chi connectivity index (χ0v) is 14.9. The van der Waals surface area contributed by atoms with Crippen LogP contribution < -0.4 is 5.32 Å². The van der Waals surface area contributed by atoms with Gasteiger partial charge < -0.3 is 9.73 Å². The van der Waals surface area contributed by atoms with E-state index in [-0.39, 0.29) is 11.8 Å². The van der Waals surface area contributed by atoms with Crippen LogP contribution in [0.1, 0.15) is 43.6 Å². The van der Waals surface area contributed by atoms with E-state index in [0.717, 1.165) is 48.4 Å². The highest BCUT2D eigenvalue weighted by Gasteiger charge is 2.20. The van der Waals surface area contributed by atoms with Gasteiger partial charge in [0.2, 0.25) is 5.91 Å². The molecule has 1 saturated carbocycles. The van der Waals surface area contributed by atoms with Crippen LogP contribution in [0.2, 0.25) is 0 Å². The monoisotopic (exact) mass is 348 g/mol. The Labute approximate surface area is 153 Å². The first-order chi connectivity index (χ1) is 12.8. The molecule has 134 valence electrons. The van der Waals surface area contributed by atoms with Gasteiger partial charge in [-0.3, -0.25) is 4.79 Å². The quantitative estimate of drug-likeness (QED) is 0.695. The molecule has 0 aliphatic heterocycles. The van der Waals surface area contributed by atoms with Gasteiger partial charge in [0, 0.05) is 18.0 Å². The second kappa shape index (κ2) is 7.73. The predicted molar refractivity (Wildman–Crippen MR) is 103 cm³/mol. The maximum Gasteiger partial charge on any atom is 0.227 e. The van der Waals surface area contributed by atoms with E-state index in [9.17, 15) is 4.79 Å². The summed E-state index contributed by atoms with van der Waals surface area (Å²) in [6, 6.07) is 15.9. The molecule has 4 nitrogen and oxygen atoms in total. The van der Waals surface area contributed by atoms with Crippen molar-refractivity contribution in [1.82, 2.24) is 4.98 Å². The van der Waals surface area contributed by atoms with Crippen LogP contribution in [0.4, 0.5) is 5.69 Å². The van der Waals surface area contributed by atoms with Gasteiger partial charge >= 0.3 is 0 Å². The molecular weight excluding hydrogens is 324 g/mol. The second-order valence-electron chi connectivity index (χ2n) is 7.10. The fourth-order valence-corrected chi connectivity index (χ4v) is 3.64. The molecule has 1 aliphatic rings. The summed E-state index contributed by atoms with van der Waals surface area (Å²) in [4.78, 5) is 16.8. The zero-order chi connectivity index (χ0) is 17.8. The number of anilines is 1. The molecule has 26 heavy (non-hydrogen) atoms. The standard InChI is InChI=1S/C22H24N2O2/c25-22(17-6-2-1-3-7-17)23-18-13-10-16(11-14-18)12-15-21-24-19-8-4-5-9-20(19)26-21/h4-5,8-11,13-14,17H,1-3,6-7,12,15H2,(H,23,25). The van der Waals surface area contributed by atoms with Gasteiger partial charge in [-0.2, -0.15) is 0 Å². The van der Waals surface area contributed by atoms with Crippen molar-refractivity contribution in [3.05, 3.63) is 60.0 Å². The number of amides is 1. The minimum absolute atomic E-state index is 0.170. The molecule has 3 aromatic rings. The average Bonchev–Trinajstić information content (AvgIpc) is 3.11. The van der Waals surface area contributed by atoms with Gasteiger partial charge in [0.15, 0.2) is 11.5 Å². The molecule has 1 aromatic heterocycles. The molecule has 4 rings (SSSR count). The molecule has 0 spiro atoms. The SMILES string of the molecule is O=C(Nc1ccc(CCc2nc3ccccc3o2)cc1)C1CCCCC1. The Morgan fingerprint density at radius 1 is 1.00 bits per heavy atom. The van der Waals surface area contributed by atoms with Crippen molar-refractivity contribution in [3.8, 4) is 0 Å². The van der Waals surface area contributed by atoms with Gasteiger partial charge in [-0.05, 0) is 49.1 Å². The Bertz CT molecular complexity index is 844. The molecule has 1 amide bonds. The van der Waals surface area contributed by atoms with Gasteiger partial charge in [-0.25, -0.2) is 4.98 Å². The highest BCUT2D eigenvalue weighted by atomic mass is 16.3. The molecule has 0 atom stereocenters. The number of fused-ring (bicyclic) bond motifs is 1. The maximum atomic E-state index is 12.3. The van der Waals surface area contributed by atoms with Gasteiger partial charge in [0.1, 0.15) is 5.52 Å². The van der Waals surface area contributed by atoms with Gasteiger partial charge in [0.05, 0.1) is 0 Å². The van der Waals surface area contributed by atoms with Crippen LogP contribution in [-0.2, 0) is 17.6 Å². The Morgan fingerprint density at radius 3 is 2.54 bits per heavy atom. The number of rotatable bonds is 5. The third kappa shape index (κ3) is 3.96. The van der Waals surface area contributed by atoms with Crippen LogP contribution >= 0.6 is 0 Å². The van der Waals surface area contributed by atoms with Crippen LogP contribution in [0.15, 0.2) is 52.9 Å². The summed E-state index contributed by atoms with van der Waals surface area (Å²) < 4.78 is 5.77. The Kier molecular flexibility index (Phi) is 5.00. The summed E-state index contributed by atoms with van der Waals surface area (Å²) in [6.07, 6.45) is 7.28. The summed E-state index contributed by atoms with van der Waals surface area (Å²) in [6.45, 7) is 0. The molecule has 2 aromatic carbocycles. The molecule has 1 N–H and O–H groups in total. The summed E-state index contributed by atoms with van der Waals surface area (Å²) >= 11 is 0. The van der Waals surface area contributed by atoms with E-state index in [1.54, 1.807) is 0 Å². The highest BCUT2D eigenvalue weighted by Crippen LogP contribution is 2.25. The van der Waals surface area contributed by atoms with Crippen molar-refractivity contribution in [3.63, 3.8) is 0 Å².